The maximum atomic E-state index is 12.1. The average molecular weight is 323 g/mol. The molecule has 0 bridgehead atoms. The number of pyridine rings is 1. The van der Waals surface area contributed by atoms with Crippen molar-refractivity contribution in [3.8, 4) is 11.3 Å². The first-order valence-corrected chi connectivity index (χ1v) is 8.82. The monoisotopic (exact) mass is 323 g/mol. The maximum absolute atomic E-state index is 12.1. The van der Waals surface area contributed by atoms with Crippen LogP contribution >= 0.6 is 0 Å². The van der Waals surface area contributed by atoms with E-state index in [1.54, 1.807) is 6.20 Å². The molecule has 0 spiro atoms. The first-order valence-electron chi connectivity index (χ1n) is 8.82. The van der Waals surface area contributed by atoms with Crippen molar-refractivity contribution in [2.75, 3.05) is 18.4 Å². The topological polar surface area (TPSA) is 45.2 Å². The fraction of sp³-hybridized carbons (Fsp3) is 0.400. The minimum atomic E-state index is -0.0108. The van der Waals surface area contributed by atoms with E-state index in [4.69, 9.17) is 0 Å². The van der Waals surface area contributed by atoms with Crippen molar-refractivity contribution < 1.29 is 4.79 Å². The molecule has 1 aromatic carbocycles. The molecule has 4 nitrogen and oxygen atoms in total. The molecule has 4 heteroatoms. The van der Waals surface area contributed by atoms with Crippen molar-refractivity contribution in [1.82, 2.24) is 9.88 Å². The Morgan fingerprint density at radius 3 is 2.42 bits per heavy atom. The minimum absolute atomic E-state index is 0.0108. The Bertz CT molecular complexity index is 674. The molecule has 2 aliphatic rings. The number of aromatic nitrogens is 1. The Labute approximate surface area is 143 Å². The molecule has 2 heterocycles. The summed E-state index contributed by atoms with van der Waals surface area (Å²) in [6, 6.07) is 11.8. The SMILES string of the molecule is C1CC1.Cc1ccc(NC(=O)N2CCCC2)cc1-c1ccccn1. The molecule has 1 saturated carbocycles. The molecule has 1 saturated heterocycles. The van der Waals surface area contributed by atoms with Gasteiger partial charge >= 0.3 is 6.03 Å². The molecule has 0 radical (unpaired) electrons. The lowest BCUT2D eigenvalue weighted by Crippen LogP contribution is -2.32. The number of nitrogens with zero attached hydrogens (tertiary/aromatic N) is 2. The third-order valence-corrected chi connectivity index (χ3v) is 4.18. The number of carbonyl (C=O) groups excluding carboxylic acids is 1. The van der Waals surface area contributed by atoms with Gasteiger partial charge in [-0.1, -0.05) is 31.4 Å². The minimum Gasteiger partial charge on any atom is -0.325 e. The first-order chi connectivity index (χ1) is 11.7. The van der Waals surface area contributed by atoms with Gasteiger partial charge in [0.2, 0.25) is 0 Å². The predicted octanol–water partition coefficient (Wildman–Crippen LogP) is 4.86. The van der Waals surface area contributed by atoms with Crippen molar-refractivity contribution in [2.45, 2.75) is 39.0 Å². The lowest BCUT2D eigenvalue weighted by Gasteiger charge is -2.17. The zero-order chi connectivity index (χ0) is 16.8. The van der Waals surface area contributed by atoms with Gasteiger partial charge in [-0.2, -0.15) is 0 Å². The smallest absolute Gasteiger partial charge is 0.321 e. The first kappa shape index (κ1) is 16.5. The largest absolute Gasteiger partial charge is 0.325 e. The molecular weight excluding hydrogens is 298 g/mol. The summed E-state index contributed by atoms with van der Waals surface area (Å²) in [5.41, 5.74) is 3.94. The standard InChI is InChI=1S/C17H19N3O.C3H6/c1-13-7-8-14(19-17(21)20-10-4-5-11-20)12-15(13)16-6-2-3-9-18-16;1-2-3-1/h2-3,6-9,12H,4-5,10-11H2,1H3,(H,19,21);1-3H2. The molecule has 0 unspecified atom stereocenters. The van der Waals surface area contributed by atoms with Crippen molar-refractivity contribution in [3.63, 3.8) is 0 Å². The summed E-state index contributed by atoms with van der Waals surface area (Å²) in [4.78, 5) is 18.4. The van der Waals surface area contributed by atoms with Crippen LogP contribution in [-0.2, 0) is 0 Å². The highest BCUT2D eigenvalue weighted by atomic mass is 16.2. The second-order valence-electron chi connectivity index (χ2n) is 6.43. The number of rotatable bonds is 2. The van der Waals surface area contributed by atoms with Crippen LogP contribution in [0.4, 0.5) is 10.5 Å². The van der Waals surface area contributed by atoms with E-state index in [1.165, 1.54) is 19.3 Å². The van der Waals surface area contributed by atoms with Crippen molar-refractivity contribution in [2.24, 2.45) is 0 Å². The van der Waals surface area contributed by atoms with Gasteiger partial charge in [-0.05, 0) is 49.6 Å². The Hall–Kier alpha value is -2.36. The molecule has 2 fully saturated rings. The second kappa shape index (κ2) is 7.95. The summed E-state index contributed by atoms with van der Waals surface area (Å²) in [5.74, 6) is 0. The van der Waals surface area contributed by atoms with E-state index in [1.807, 2.05) is 41.3 Å². The van der Waals surface area contributed by atoms with Crippen LogP contribution in [0, 0.1) is 6.92 Å². The summed E-state index contributed by atoms with van der Waals surface area (Å²) < 4.78 is 0. The number of benzene rings is 1. The Morgan fingerprint density at radius 2 is 1.79 bits per heavy atom. The lowest BCUT2D eigenvalue weighted by atomic mass is 10.0. The van der Waals surface area contributed by atoms with Crippen LogP contribution in [-0.4, -0.2) is 29.0 Å². The van der Waals surface area contributed by atoms with Crippen LogP contribution < -0.4 is 5.32 Å². The third kappa shape index (κ3) is 4.57. The highest BCUT2D eigenvalue weighted by molar-refractivity contribution is 5.90. The van der Waals surface area contributed by atoms with Crippen molar-refractivity contribution in [3.05, 3.63) is 48.2 Å². The molecule has 1 N–H and O–H groups in total. The molecule has 24 heavy (non-hydrogen) atoms. The molecule has 4 rings (SSSR count). The molecule has 1 aromatic heterocycles. The van der Waals surface area contributed by atoms with Crippen LogP contribution in [0.3, 0.4) is 0 Å². The van der Waals surface area contributed by atoms with Crippen LogP contribution in [0.5, 0.6) is 0 Å². The fourth-order valence-corrected chi connectivity index (χ4v) is 2.62. The molecule has 0 atom stereocenters. The number of urea groups is 1. The zero-order valence-corrected chi connectivity index (χ0v) is 14.3. The van der Waals surface area contributed by atoms with E-state index in [2.05, 4.69) is 17.2 Å². The third-order valence-electron chi connectivity index (χ3n) is 4.18. The number of amides is 2. The normalized spacial score (nSPS) is 15.5. The van der Waals surface area contributed by atoms with Crippen LogP contribution in [0.25, 0.3) is 11.3 Å². The number of hydrogen-bond donors (Lipinski definition) is 1. The van der Waals surface area contributed by atoms with Crippen molar-refractivity contribution >= 4 is 11.7 Å². The summed E-state index contributed by atoms with van der Waals surface area (Å²) in [6.45, 7) is 3.76. The van der Waals surface area contributed by atoms with Gasteiger partial charge in [0, 0.05) is 30.5 Å². The van der Waals surface area contributed by atoms with E-state index in [0.29, 0.717) is 0 Å². The van der Waals surface area contributed by atoms with Gasteiger partial charge in [-0.3, -0.25) is 4.98 Å². The van der Waals surface area contributed by atoms with Gasteiger partial charge in [0.15, 0.2) is 0 Å². The van der Waals surface area contributed by atoms with E-state index in [0.717, 1.165) is 48.4 Å². The summed E-state index contributed by atoms with van der Waals surface area (Å²) >= 11 is 0. The zero-order valence-electron chi connectivity index (χ0n) is 14.3. The lowest BCUT2D eigenvalue weighted by molar-refractivity contribution is 0.222. The fourth-order valence-electron chi connectivity index (χ4n) is 2.62. The van der Waals surface area contributed by atoms with E-state index in [-0.39, 0.29) is 6.03 Å². The molecule has 1 aliphatic heterocycles. The predicted molar refractivity (Wildman–Crippen MR) is 98.1 cm³/mol. The van der Waals surface area contributed by atoms with Gasteiger partial charge < -0.3 is 10.2 Å². The van der Waals surface area contributed by atoms with Gasteiger partial charge in [-0.15, -0.1) is 0 Å². The highest BCUT2D eigenvalue weighted by Crippen LogP contribution is 2.25. The highest BCUT2D eigenvalue weighted by Gasteiger charge is 2.18. The number of aryl methyl sites for hydroxylation is 1. The molecule has 2 amide bonds. The number of nitrogens with one attached hydrogen (secondary N) is 1. The summed E-state index contributed by atoms with van der Waals surface area (Å²) in [6.07, 6.45) is 8.48. The van der Waals surface area contributed by atoms with Crippen molar-refractivity contribution in [1.29, 1.82) is 0 Å². The quantitative estimate of drug-likeness (QED) is 0.858. The van der Waals surface area contributed by atoms with Crippen LogP contribution in [0.2, 0.25) is 0 Å². The van der Waals surface area contributed by atoms with Gasteiger partial charge in [-0.25, -0.2) is 4.79 Å². The Morgan fingerprint density at radius 1 is 1.04 bits per heavy atom. The number of anilines is 1. The van der Waals surface area contributed by atoms with Crippen LogP contribution in [0.15, 0.2) is 42.6 Å². The number of hydrogen-bond acceptors (Lipinski definition) is 2. The second-order valence-corrected chi connectivity index (χ2v) is 6.43. The van der Waals surface area contributed by atoms with Gasteiger partial charge in [0.05, 0.1) is 5.69 Å². The molecule has 2 aromatic rings. The maximum Gasteiger partial charge on any atom is 0.321 e. The Kier molecular flexibility index (Phi) is 5.47. The van der Waals surface area contributed by atoms with E-state index < -0.39 is 0 Å². The summed E-state index contributed by atoms with van der Waals surface area (Å²) in [7, 11) is 0. The van der Waals surface area contributed by atoms with Crippen LogP contribution in [0.1, 0.15) is 37.7 Å². The van der Waals surface area contributed by atoms with Gasteiger partial charge in [0.25, 0.3) is 0 Å². The van der Waals surface area contributed by atoms with E-state index in [9.17, 15) is 4.79 Å². The molecule has 1 aliphatic carbocycles. The van der Waals surface area contributed by atoms with E-state index >= 15 is 0 Å². The van der Waals surface area contributed by atoms with Gasteiger partial charge in [0.1, 0.15) is 0 Å². The number of carbonyl (C=O) groups is 1. The summed E-state index contributed by atoms with van der Waals surface area (Å²) in [5, 5.41) is 2.98. The average Bonchev–Trinajstić information content (AvgIpc) is 3.40. The molecule has 126 valence electrons. The molecular formula is C20H25N3O. The number of likely N-dealkylation sites (tertiary alicyclic amines) is 1. The Balaban J connectivity index is 0.000000508.